The standard InChI is InChI=1S/C44H36N8O6.2ClH/c1-53-39-25-31(15-17-35(39)51-47-43(45-49(51)33-9-5-3-6-10-33)23-29-13-19-37-41(21-29)57-27-55-37)32-16-18-36(40(26-32)54-2)52-48-44(46-50(52)34-11-7-4-8-12-34)24-30-14-20-38-42(22-30)58-28-56-38;;/h3-22,25-26H,23-24,27-28H2,1-2H3;2*1H/q+2;;/p-2. The highest BCUT2D eigenvalue weighted by molar-refractivity contribution is 5.70. The van der Waals surface area contributed by atoms with E-state index in [0.29, 0.717) is 58.9 Å². The summed E-state index contributed by atoms with van der Waals surface area (Å²) in [7, 11) is 3.30. The van der Waals surface area contributed by atoms with Gasteiger partial charge in [-0.15, -0.1) is 0 Å². The van der Waals surface area contributed by atoms with Crippen LogP contribution in [0.15, 0.2) is 133 Å². The largest absolute Gasteiger partial charge is 1.00 e. The van der Waals surface area contributed by atoms with E-state index in [-0.39, 0.29) is 38.4 Å². The van der Waals surface area contributed by atoms with E-state index < -0.39 is 0 Å². The summed E-state index contributed by atoms with van der Waals surface area (Å²) in [5.41, 5.74) is 6.95. The van der Waals surface area contributed by atoms with E-state index in [4.69, 9.17) is 48.8 Å². The summed E-state index contributed by atoms with van der Waals surface area (Å²) in [4.78, 5) is 7.08. The van der Waals surface area contributed by atoms with Crippen molar-refractivity contribution in [2.75, 3.05) is 27.8 Å². The monoisotopic (exact) mass is 842 g/mol. The van der Waals surface area contributed by atoms with Gasteiger partial charge in [-0.3, -0.25) is 0 Å². The number of methoxy groups -OCH3 is 2. The second kappa shape index (κ2) is 17.0. The lowest BCUT2D eigenvalue weighted by molar-refractivity contribution is -0.735. The van der Waals surface area contributed by atoms with Gasteiger partial charge in [0, 0.05) is 9.59 Å². The molecule has 0 saturated carbocycles. The number of ether oxygens (including phenoxy) is 6. The second-order valence-electron chi connectivity index (χ2n) is 13.6. The molecular weight excluding hydrogens is 807 g/mol. The van der Waals surface area contributed by atoms with E-state index in [1.54, 1.807) is 33.4 Å². The first-order valence-electron chi connectivity index (χ1n) is 18.6. The molecule has 0 amide bonds. The number of rotatable bonds is 11. The zero-order valence-corrected chi connectivity index (χ0v) is 33.8. The molecule has 8 aromatic rings. The fraction of sp³-hybridized carbons (Fsp3) is 0.136. The second-order valence-corrected chi connectivity index (χ2v) is 13.6. The van der Waals surface area contributed by atoms with E-state index in [0.717, 1.165) is 45.1 Å². The lowest BCUT2D eigenvalue weighted by atomic mass is 10.0. The lowest BCUT2D eigenvalue weighted by Crippen LogP contribution is -3.00. The summed E-state index contributed by atoms with van der Waals surface area (Å²) in [6.07, 6.45) is 0.970. The summed E-state index contributed by atoms with van der Waals surface area (Å²) in [5.74, 6) is 5.35. The zero-order valence-electron chi connectivity index (χ0n) is 32.3. The maximum absolute atomic E-state index is 6.02. The average Bonchev–Trinajstić information content (AvgIpc) is 4.11. The average molecular weight is 844 g/mol. The van der Waals surface area contributed by atoms with Gasteiger partial charge in [-0.1, -0.05) is 48.5 Å². The van der Waals surface area contributed by atoms with Gasteiger partial charge in [-0.25, -0.2) is 0 Å². The van der Waals surface area contributed by atoms with E-state index in [1.165, 1.54) is 0 Å². The minimum absolute atomic E-state index is 0. The van der Waals surface area contributed by atoms with Gasteiger partial charge in [0.15, 0.2) is 34.5 Å². The molecule has 0 spiro atoms. The van der Waals surface area contributed by atoms with Gasteiger partial charge in [0.2, 0.25) is 25.0 Å². The highest BCUT2D eigenvalue weighted by Gasteiger charge is 2.28. The quantitative estimate of drug-likeness (QED) is 0.161. The third kappa shape index (κ3) is 7.61. The van der Waals surface area contributed by atoms with E-state index in [2.05, 4.69) is 0 Å². The smallest absolute Gasteiger partial charge is 0.313 e. The molecule has 2 aromatic heterocycles. The first-order valence-corrected chi connectivity index (χ1v) is 18.6. The van der Waals surface area contributed by atoms with Crippen LogP contribution in [0.2, 0.25) is 0 Å². The first kappa shape index (κ1) is 39.7. The SMILES string of the molecule is COc1cc(-c2ccc(-[n+]3nc(Cc4ccc5c(c4)OCO5)nn3-c3ccccc3)c(OC)c2)ccc1-[n+]1nc(Cc2ccc3c(c2)OCO3)nn1-c1ccccc1.[Cl-].[Cl-]. The van der Waals surface area contributed by atoms with Gasteiger partial charge in [0.1, 0.15) is 11.4 Å². The van der Waals surface area contributed by atoms with Gasteiger partial charge in [0.25, 0.3) is 0 Å². The Kier molecular flexibility index (Phi) is 11.2. The van der Waals surface area contributed by atoms with Crippen LogP contribution >= 0.6 is 0 Å². The molecule has 2 aliphatic heterocycles. The molecule has 0 fully saturated rings. The number of tetrazole rings is 2. The number of nitrogens with zero attached hydrogens (tertiary/aromatic N) is 8. The molecule has 16 heteroatoms. The molecule has 0 saturated heterocycles. The Balaban J connectivity index is 0.00000249. The van der Waals surface area contributed by atoms with Crippen molar-refractivity contribution >= 4 is 0 Å². The Morgan fingerprint density at radius 1 is 0.500 bits per heavy atom. The molecule has 0 radical (unpaired) electrons. The highest BCUT2D eigenvalue weighted by atomic mass is 35.5. The molecule has 6 aromatic carbocycles. The van der Waals surface area contributed by atoms with Crippen molar-refractivity contribution in [2.24, 2.45) is 0 Å². The number of benzene rings is 6. The number of para-hydroxylation sites is 2. The number of hydrogen-bond acceptors (Lipinski definition) is 10. The van der Waals surface area contributed by atoms with Gasteiger partial charge < -0.3 is 53.2 Å². The zero-order chi connectivity index (χ0) is 39.0. The third-order valence-corrected chi connectivity index (χ3v) is 9.90. The summed E-state index contributed by atoms with van der Waals surface area (Å²) in [5, 5.41) is 19.8. The van der Waals surface area contributed by atoms with Crippen LogP contribution in [0.3, 0.4) is 0 Å². The van der Waals surface area contributed by atoms with Gasteiger partial charge in [-0.2, -0.15) is 0 Å². The van der Waals surface area contributed by atoms with Crippen LogP contribution in [-0.4, -0.2) is 57.8 Å². The Morgan fingerprint density at radius 2 is 0.917 bits per heavy atom. The molecule has 0 unspecified atom stereocenters. The minimum atomic E-state index is 0. The summed E-state index contributed by atoms with van der Waals surface area (Å²) < 4.78 is 34.3. The van der Waals surface area contributed by atoms with E-state index in [9.17, 15) is 0 Å². The van der Waals surface area contributed by atoms with Crippen molar-refractivity contribution in [1.29, 1.82) is 0 Å². The van der Waals surface area contributed by atoms with Crippen molar-refractivity contribution in [3.05, 3.63) is 156 Å². The van der Waals surface area contributed by atoms with Crippen molar-refractivity contribution in [1.82, 2.24) is 30.0 Å². The van der Waals surface area contributed by atoms with Crippen molar-refractivity contribution in [3.63, 3.8) is 0 Å². The van der Waals surface area contributed by atoms with Gasteiger partial charge in [0.05, 0.1) is 37.3 Å². The van der Waals surface area contributed by atoms with E-state index in [1.807, 2.05) is 133 Å². The van der Waals surface area contributed by atoms with Crippen LogP contribution in [0.25, 0.3) is 33.9 Å². The van der Waals surface area contributed by atoms with Crippen LogP contribution in [0.5, 0.6) is 34.5 Å². The molecular formula is C44H36Cl2N8O6. The summed E-state index contributed by atoms with van der Waals surface area (Å²) >= 11 is 0. The van der Waals surface area contributed by atoms with Crippen LogP contribution in [0, 0.1) is 0 Å². The molecule has 4 heterocycles. The third-order valence-electron chi connectivity index (χ3n) is 9.90. The summed E-state index contributed by atoms with van der Waals surface area (Å²) in [6.45, 7) is 0.431. The molecule has 0 aliphatic carbocycles. The highest BCUT2D eigenvalue weighted by Crippen LogP contribution is 2.35. The van der Waals surface area contributed by atoms with Crippen molar-refractivity contribution in [3.8, 4) is 68.4 Å². The summed E-state index contributed by atoms with van der Waals surface area (Å²) in [6, 6.07) is 43.5. The fourth-order valence-corrected chi connectivity index (χ4v) is 7.07. The molecule has 10 rings (SSSR count). The van der Waals surface area contributed by atoms with Crippen LogP contribution < -0.4 is 62.8 Å². The molecule has 14 nitrogen and oxygen atoms in total. The number of fused-ring (bicyclic) bond motifs is 2. The van der Waals surface area contributed by atoms with Gasteiger partial charge >= 0.3 is 11.6 Å². The fourth-order valence-electron chi connectivity index (χ4n) is 7.07. The van der Waals surface area contributed by atoms with Crippen molar-refractivity contribution < 1.29 is 62.8 Å². The number of hydrogen-bond donors (Lipinski definition) is 0. The van der Waals surface area contributed by atoms with Crippen LogP contribution in [0.1, 0.15) is 22.8 Å². The lowest BCUT2D eigenvalue weighted by Gasteiger charge is -2.11. The molecule has 0 N–H and O–H groups in total. The minimum Gasteiger partial charge on any atom is -1.00 e. The topological polar surface area (TPSA) is 125 Å². The number of halogens is 2. The Hall–Kier alpha value is -7.16. The number of aromatic nitrogens is 8. The molecule has 2 aliphatic rings. The van der Waals surface area contributed by atoms with E-state index >= 15 is 0 Å². The Labute approximate surface area is 356 Å². The van der Waals surface area contributed by atoms with Gasteiger partial charge in [-0.05, 0) is 127 Å². The molecule has 302 valence electrons. The predicted molar refractivity (Wildman–Crippen MR) is 209 cm³/mol. The molecule has 0 bridgehead atoms. The normalized spacial score (nSPS) is 12.1. The van der Waals surface area contributed by atoms with Crippen LogP contribution in [0.4, 0.5) is 0 Å². The Morgan fingerprint density at radius 3 is 1.33 bits per heavy atom. The maximum atomic E-state index is 6.02. The molecule has 0 atom stereocenters. The molecule has 60 heavy (non-hydrogen) atoms. The Bertz CT molecular complexity index is 2610. The predicted octanol–water partition coefficient (Wildman–Crippen LogP) is -0.267. The van der Waals surface area contributed by atoms with Crippen molar-refractivity contribution in [2.45, 2.75) is 12.8 Å². The first-order chi connectivity index (χ1) is 28.6. The maximum Gasteiger partial charge on any atom is 0.313 e. The van der Waals surface area contributed by atoms with Crippen LogP contribution in [-0.2, 0) is 12.8 Å².